The summed E-state index contributed by atoms with van der Waals surface area (Å²) in [6.45, 7) is 3.61. The van der Waals surface area contributed by atoms with Crippen LogP contribution in [0.5, 0.6) is 0 Å². The molecule has 1 heterocycles. The number of carbonyl (C=O) groups excluding carboxylic acids is 2. The molecule has 156 valence electrons. The van der Waals surface area contributed by atoms with Gasteiger partial charge in [-0.15, -0.1) is 11.3 Å². The van der Waals surface area contributed by atoms with Gasteiger partial charge < -0.3 is 15.2 Å². The standard InChI is InChI=1S/C22H27NO5S/c1-11(2)28-22(27)18-14-5-3-4-6-15(14)29-20(18)23-19(24)16-12-7-9-13(10-8-12)17(16)21(25)26/h7,9,11-13,16-17H,3-6,8,10H2,1-2H3,(H,23,24)(H,25,26)/t12-,13-,16-,17-/m0/s1. The van der Waals surface area contributed by atoms with Crippen LogP contribution < -0.4 is 5.32 Å². The number of thiophene rings is 1. The van der Waals surface area contributed by atoms with Gasteiger partial charge >= 0.3 is 11.9 Å². The van der Waals surface area contributed by atoms with E-state index in [4.69, 9.17) is 4.74 Å². The third-order valence-corrected chi connectivity index (χ3v) is 7.50. The van der Waals surface area contributed by atoms with Crippen molar-refractivity contribution in [2.24, 2.45) is 23.7 Å². The van der Waals surface area contributed by atoms with Crippen LogP contribution in [0.3, 0.4) is 0 Å². The highest BCUT2D eigenvalue weighted by molar-refractivity contribution is 7.17. The van der Waals surface area contributed by atoms with E-state index >= 15 is 0 Å². The van der Waals surface area contributed by atoms with E-state index in [2.05, 4.69) is 5.32 Å². The largest absolute Gasteiger partial charge is 0.481 e. The van der Waals surface area contributed by atoms with Crippen LogP contribution in [0.15, 0.2) is 12.2 Å². The zero-order chi connectivity index (χ0) is 20.7. The zero-order valence-corrected chi connectivity index (χ0v) is 17.6. The van der Waals surface area contributed by atoms with E-state index < -0.39 is 23.8 Å². The van der Waals surface area contributed by atoms with E-state index in [1.807, 2.05) is 12.2 Å². The first-order valence-corrected chi connectivity index (χ1v) is 11.3. The molecule has 7 heteroatoms. The number of ether oxygens (including phenoxy) is 1. The number of allylic oxidation sites excluding steroid dienone is 2. The van der Waals surface area contributed by atoms with Gasteiger partial charge in [0.05, 0.1) is 23.5 Å². The van der Waals surface area contributed by atoms with Crippen LogP contribution in [0.1, 0.15) is 60.3 Å². The number of aryl methyl sites for hydroxylation is 1. The summed E-state index contributed by atoms with van der Waals surface area (Å²) in [5.41, 5.74) is 1.46. The van der Waals surface area contributed by atoms with Gasteiger partial charge in [0.2, 0.25) is 5.91 Å². The Morgan fingerprint density at radius 3 is 2.38 bits per heavy atom. The third-order valence-electron chi connectivity index (χ3n) is 6.29. The first-order valence-electron chi connectivity index (χ1n) is 10.4. The molecule has 4 aliphatic rings. The summed E-state index contributed by atoms with van der Waals surface area (Å²) in [5, 5.41) is 13.2. The second-order valence-corrected chi connectivity index (χ2v) is 9.64. The Hall–Kier alpha value is -2.15. The van der Waals surface area contributed by atoms with Crippen LogP contribution in [-0.2, 0) is 27.2 Å². The molecule has 4 aliphatic carbocycles. The Kier molecular flexibility index (Phi) is 5.51. The van der Waals surface area contributed by atoms with Crippen molar-refractivity contribution in [1.29, 1.82) is 0 Å². The number of amides is 1. The highest BCUT2D eigenvalue weighted by Crippen LogP contribution is 2.46. The summed E-state index contributed by atoms with van der Waals surface area (Å²) in [6, 6.07) is 0. The van der Waals surface area contributed by atoms with Gasteiger partial charge in [-0.3, -0.25) is 9.59 Å². The third kappa shape index (κ3) is 3.72. The zero-order valence-electron chi connectivity index (χ0n) is 16.8. The Morgan fingerprint density at radius 1 is 1.10 bits per heavy atom. The van der Waals surface area contributed by atoms with Crippen molar-refractivity contribution >= 4 is 34.2 Å². The summed E-state index contributed by atoms with van der Waals surface area (Å²) >= 11 is 1.44. The smallest absolute Gasteiger partial charge is 0.341 e. The van der Waals surface area contributed by atoms with Gasteiger partial charge in [0.15, 0.2) is 0 Å². The van der Waals surface area contributed by atoms with Crippen LogP contribution >= 0.6 is 11.3 Å². The lowest BCUT2D eigenvalue weighted by molar-refractivity contribution is -0.151. The fourth-order valence-corrected chi connectivity index (χ4v) is 6.31. The molecule has 0 aromatic carbocycles. The Balaban J connectivity index is 1.64. The molecule has 1 amide bonds. The summed E-state index contributed by atoms with van der Waals surface area (Å²) in [6.07, 6.45) is 9.10. The summed E-state index contributed by atoms with van der Waals surface area (Å²) < 4.78 is 5.45. The van der Waals surface area contributed by atoms with Crippen LogP contribution in [0, 0.1) is 23.7 Å². The molecule has 1 aromatic rings. The lowest BCUT2D eigenvalue weighted by atomic mass is 9.62. The molecule has 4 atom stereocenters. The van der Waals surface area contributed by atoms with Crippen LogP contribution in [0.25, 0.3) is 0 Å². The number of anilines is 1. The predicted octanol–water partition coefficient (Wildman–Crippen LogP) is 4.04. The fourth-order valence-electron chi connectivity index (χ4n) is 5.03. The number of carboxylic acids is 1. The lowest BCUT2D eigenvalue weighted by Crippen LogP contribution is -2.47. The maximum absolute atomic E-state index is 13.2. The van der Waals surface area contributed by atoms with Crippen molar-refractivity contribution < 1.29 is 24.2 Å². The Morgan fingerprint density at radius 2 is 1.76 bits per heavy atom. The Bertz CT molecular complexity index is 871. The second-order valence-electron chi connectivity index (χ2n) is 8.54. The quantitative estimate of drug-likeness (QED) is 0.557. The van der Waals surface area contributed by atoms with Crippen LogP contribution in [0.2, 0.25) is 0 Å². The maximum atomic E-state index is 13.2. The molecule has 0 unspecified atom stereocenters. The number of carbonyl (C=O) groups is 3. The van der Waals surface area contributed by atoms with Crippen molar-refractivity contribution in [3.05, 3.63) is 28.2 Å². The minimum Gasteiger partial charge on any atom is -0.481 e. The highest BCUT2D eigenvalue weighted by atomic mass is 32.1. The number of hydrogen-bond donors (Lipinski definition) is 2. The summed E-state index contributed by atoms with van der Waals surface area (Å²) in [7, 11) is 0. The van der Waals surface area contributed by atoms with Gasteiger partial charge in [0.1, 0.15) is 5.00 Å². The number of nitrogens with one attached hydrogen (secondary N) is 1. The molecule has 0 spiro atoms. The van der Waals surface area contributed by atoms with E-state index in [-0.39, 0.29) is 23.8 Å². The summed E-state index contributed by atoms with van der Waals surface area (Å²) in [5.74, 6) is -3.11. The van der Waals surface area contributed by atoms with Crippen molar-refractivity contribution in [2.45, 2.75) is 58.5 Å². The lowest BCUT2D eigenvalue weighted by Gasteiger charge is -2.41. The molecule has 0 saturated heterocycles. The van der Waals surface area contributed by atoms with Crippen LogP contribution in [0.4, 0.5) is 5.00 Å². The number of fused-ring (bicyclic) bond motifs is 3. The molecule has 0 radical (unpaired) electrons. The molecular weight excluding hydrogens is 390 g/mol. The van der Waals surface area contributed by atoms with Crippen molar-refractivity contribution in [3.63, 3.8) is 0 Å². The first kappa shape index (κ1) is 20.1. The van der Waals surface area contributed by atoms with Crippen molar-refractivity contribution in [3.8, 4) is 0 Å². The SMILES string of the molecule is CC(C)OC(=O)c1c(NC(=O)[C@@H]2[C@@H](C(=O)O)[C@H]3C=C[C@H]2CC3)sc2c1CCCC2. The van der Waals surface area contributed by atoms with E-state index in [0.717, 1.165) is 49.0 Å². The first-order chi connectivity index (χ1) is 13.9. The molecular formula is C22H27NO5S. The predicted molar refractivity (Wildman–Crippen MR) is 110 cm³/mol. The number of hydrogen-bond acceptors (Lipinski definition) is 5. The molecule has 29 heavy (non-hydrogen) atoms. The average Bonchev–Trinajstić information content (AvgIpc) is 3.05. The van der Waals surface area contributed by atoms with E-state index in [9.17, 15) is 19.5 Å². The molecule has 2 bridgehead atoms. The fraction of sp³-hybridized carbons (Fsp3) is 0.591. The van der Waals surface area contributed by atoms with Gasteiger partial charge in [-0.05, 0) is 69.8 Å². The number of aliphatic carboxylic acids is 1. The molecule has 0 aliphatic heterocycles. The topological polar surface area (TPSA) is 92.7 Å². The minimum absolute atomic E-state index is 0.0678. The molecule has 6 nitrogen and oxygen atoms in total. The molecule has 5 rings (SSSR count). The van der Waals surface area contributed by atoms with Gasteiger partial charge in [0.25, 0.3) is 0 Å². The van der Waals surface area contributed by atoms with Gasteiger partial charge in [-0.2, -0.15) is 0 Å². The van der Waals surface area contributed by atoms with E-state index in [1.165, 1.54) is 11.3 Å². The highest BCUT2D eigenvalue weighted by Gasteiger charge is 2.48. The monoisotopic (exact) mass is 417 g/mol. The van der Waals surface area contributed by atoms with E-state index in [1.54, 1.807) is 13.8 Å². The van der Waals surface area contributed by atoms with E-state index in [0.29, 0.717) is 10.6 Å². The van der Waals surface area contributed by atoms with Crippen molar-refractivity contribution in [1.82, 2.24) is 0 Å². The van der Waals surface area contributed by atoms with Gasteiger partial charge in [-0.25, -0.2) is 4.79 Å². The summed E-state index contributed by atoms with van der Waals surface area (Å²) in [4.78, 5) is 39.0. The normalized spacial score (nSPS) is 27.6. The van der Waals surface area contributed by atoms with Gasteiger partial charge in [-0.1, -0.05) is 12.2 Å². The molecule has 1 fully saturated rings. The number of esters is 1. The minimum atomic E-state index is -0.922. The second kappa shape index (κ2) is 7.94. The Labute approximate surface area is 174 Å². The van der Waals surface area contributed by atoms with Crippen molar-refractivity contribution in [2.75, 3.05) is 5.32 Å². The molecule has 1 aromatic heterocycles. The average molecular weight is 418 g/mol. The van der Waals surface area contributed by atoms with Crippen LogP contribution in [-0.4, -0.2) is 29.1 Å². The maximum Gasteiger partial charge on any atom is 0.341 e. The molecule has 1 saturated carbocycles. The molecule has 2 N–H and O–H groups in total. The van der Waals surface area contributed by atoms with Gasteiger partial charge in [0, 0.05) is 4.88 Å². The number of rotatable bonds is 5. The number of carboxylic acid groups (broad SMARTS) is 1.